The molecule has 4 N–H and O–H groups in total. The van der Waals surface area contributed by atoms with E-state index in [1.165, 1.54) is 23.2 Å². The van der Waals surface area contributed by atoms with Crippen LogP contribution in [-0.2, 0) is 26.7 Å². The van der Waals surface area contributed by atoms with Gasteiger partial charge in [-0.05, 0) is 94.2 Å². The summed E-state index contributed by atoms with van der Waals surface area (Å²) >= 11 is 0. The lowest BCUT2D eigenvalue weighted by Crippen LogP contribution is -2.48. The number of amides is 1. The highest BCUT2D eigenvalue weighted by atomic mass is 32.2. The fraction of sp³-hybridized carbons (Fsp3) is 0.536. The number of nitrogens with one attached hydrogen (secondary N) is 3. The number of aliphatic hydroxyl groups is 1. The van der Waals surface area contributed by atoms with Crippen LogP contribution in [0.2, 0.25) is 0 Å². The maximum absolute atomic E-state index is 13.6. The second-order valence-corrected chi connectivity index (χ2v) is 15.8. The number of fused-ring (bicyclic) bond motifs is 1. The highest BCUT2D eigenvalue weighted by Gasteiger charge is 2.44. The summed E-state index contributed by atoms with van der Waals surface area (Å²) in [7, 11) is -7.52. The predicted molar refractivity (Wildman–Crippen MR) is 161 cm³/mol. The molecule has 1 amide bonds. The van der Waals surface area contributed by atoms with Gasteiger partial charge in [0.15, 0.2) is 0 Å². The van der Waals surface area contributed by atoms with Gasteiger partial charge in [0, 0.05) is 30.9 Å². The first-order chi connectivity index (χ1) is 19.2. The molecule has 1 saturated carbocycles. The van der Waals surface area contributed by atoms with E-state index in [2.05, 4.69) is 19.7 Å². The van der Waals surface area contributed by atoms with Gasteiger partial charge in [-0.25, -0.2) is 8.42 Å². The molecule has 0 atom stereocenters. The minimum absolute atomic E-state index is 0.312. The molecule has 224 valence electrons. The fourth-order valence-corrected chi connectivity index (χ4v) is 8.09. The van der Waals surface area contributed by atoms with Crippen molar-refractivity contribution in [3.8, 4) is 0 Å². The van der Waals surface area contributed by atoms with E-state index >= 15 is 0 Å². The fourth-order valence-electron chi connectivity index (χ4n) is 5.62. The Balaban J connectivity index is 1.41. The van der Waals surface area contributed by atoms with E-state index < -0.39 is 38.1 Å². The summed E-state index contributed by atoms with van der Waals surface area (Å²) in [4.78, 5) is 15.8. The van der Waals surface area contributed by atoms with Crippen LogP contribution in [0.3, 0.4) is 0 Å². The maximum Gasteiger partial charge on any atom is 0.302 e. The van der Waals surface area contributed by atoms with Gasteiger partial charge in [-0.15, -0.1) is 0 Å². The number of piperidine rings is 1. The van der Waals surface area contributed by atoms with Crippen LogP contribution < -0.4 is 24.0 Å². The minimum Gasteiger partial charge on any atom is -0.395 e. The monoisotopic (exact) mass is 605 g/mol. The zero-order valence-electron chi connectivity index (χ0n) is 23.7. The molecular weight excluding hydrogens is 566 g/mol. The second kappa shape index (κ2) is 10.8. The smallest absolute Gasteiger partial charge is 0.302 e. The Hall–Kier alpha value is -2.87. The predicted octanol–water partition coefficient (Wildman–Crippen LogP) is 3.05. The molecule has 2 fully saturated rings. The molecule has 41 heavy (non-hydrogen) atoms. The van der Waals surface area contributed by atoms with Crippen molar-refractivity contribution in [1.29, 1.82) is 0 Å². The van der Waals surface area contributed by atoms with Crippen LogP contribution in [0.5, 0.6) is 0 Å². The Morgan fingerprint density at radius 2 is 1.59 bits per heavy atom. The molecule has 5 rings (SSSR count). The van der Waals surface area contributed by atoms with Crippen molar-refractivity contribution in [3.05, 3.63) is 47.5 Å². The van der Waals surface area contributed by atoms with E-state index in [0.717, 1.165) is 31.5 Å². The summed E-state index contributed by atoms with van der Waals surface area (Å²) in [6.45, 7) is 6.69. The summed E-state index contributed by atoms with van der Waals surface area (Å²) in [5.74, 6) is -0.802. The van der Waals surface area contributed by atoms with Crippen molar-refractivity contribution in [2.24, 2.45) is 5.41 Å². The average Bonchev–Trinajstić information content (AvgIpc) is 3.47. The molecule has 0 aromatic heterocycles. The Bertz CT molecular complexity index is 1540. The number of benzene rings is 2. The SMILES string of the molecule is CC(C)(C)NS(=O)(=O)N1CCc2ccc(NC(=O)c3ccc(NS(=O)(=O)CCO)cc3N3CCC4(CC3)CC4)cc21. The standard InChI is InChI=1S/C28H39N5O6S2/c1-27(2,3)31-41(38,39)33-13-8-20-4-5-21(18-24(20)33)29-26(35)23-7-6-22(30-40(36,37)17-16-34)19-25(23)32-14-11-28(9-10-28)12-15-32/h4-7,18-19,30-31,34H,8-17H2,1-3H3,(H,29,35). The van der Waals surface area contributed by atoms with Crippen LogP contribution in [0.1, 0.15) is 62.4 Å². The number of rotatable bonds is 9. The zero-order chi connectivity index (χ0) is 29.6. The summed E-state index contributed by atoms with van der Waals surface area (Å²) in [6.07, 6.45) is 5.07. The van der Waals surface area contributed by atoms with Crippen LogP contribution >= 0.6 is 0 Å². The third-order valence-corrected chi connectivity index (χ3v) is 11.0. The first-order valence-electron chi connectivity index (χ1n) is 14.0. The topological polar surface area (TPSA) is 148 Å². The molecule has 1 aliphatic carbocycles. The molecule has 1 saturated heterocycles. The van der Waals surface area contributed by atoms with Gasteiger partial charge in [-0.1, -0.05) is 6.07 Å². The van der Waals surface area contributed by atoms with Gasteiger partial charge in [-0.3, -0.25) is 13.8 Å². The molecule has 13 heteroatoms. The molecule has 0 unspecified atom stereocenters. The summed E-state index contributed by atoms with van der Waals surface area (Å²) in [6, 6.07) is 10.1. The van der Waals surface area contributed by atoms with E-state index in [1.807, 2.05) is 6.07 Å². The van der Waals surface area contributed by atoms with Crippen molar-refractivity contribution in [3.63, 3.8) is 0 Å². The van der Waals surface area contributed by atoms with Crippen LogP contribution in [0.4, 0.5) is 22.7 Å². The minimum atomic E-state index is -3.79. The first kappa shape index (κ1) is 29.6. The van der Waals surface area contributed by atoms with E-state index in [0.29, 0.717) is 46.7 Å². The highest BCUT2D eigenvalue weighted by Crippen LogP contribution is 2.54. The Morgan fingerprint density at radius 3 is 2.22 bits per heavy atom. The molecule has 1 spiro atoms. The maximum atomic E-state index is 13.6. The third kappa shape index (κ3) is 6.79. The number of hydrogen-bond donors (Lipinski definition) is 4. The van der Waals surface area contributed by atoms with Crippen molar-refractivity contribution in [1.82, 2.24) is 4.72 Å². The molecular formula is C28H39N5O6S2. The van der Waals surface area contributed by atoms with Crippen LogP contribution in [0.25, 0.3) is 0 Å². The zero-order valence-corrected chi connectivity index (χ0v) is 25.4. The van der Waals surface area contributed by atoms with Gasteiger partial charge in [-0.2, -0.15) is 13.1 Å². The Morgan fingerprint density at radius 1 is 0.927 bits per heavy atom. The van der Waals surface area contributed by atoms with Gasteiger partial charge < -0.3 is 15.3 Å². The van der Waals surface area contributed by atoms with Gasteiger partial charge in [0.2, 0.25) is 10.0 Å². The van der Waals surface area contributed by atoms with Gasteiger partial charge in [0.05, 0.1) is 35.0 Å². The number of nitrogens with zero attached hydrogens (tertiary/aromatic N) is 2. The first-order valence-corrected chi connectivity index (χ1v) is 17.0. The largest absolute Gasteiger partial charge is 0.395 e. The number of sulfonamides is 1. The van der Waals surface area contributed by atoms with Crippen molar-refractivity contribution < 1.29 is 26.7 Å². The van der Waals surface area contributed by atoms with Crippen LogP contribution in [0.15, 0.2) is 36.4 Å². The Kier molecular flexibility index (Phi) is 7.77. The number of anilines is 4. The number of aliphatic hydroxyl groups excluding tert-OH is 1. The number of carbonyl (C=O) groups is 1. The van der Waals surface area contributed by atoms with Crippen molar-refractivity contribution in [2.75, 3.05) is 51.2 Å². The quantitative estimate of drug-likeness (QED) is 0.343. The second-order valence-electron chi connectivity index (χ2n) is 12.3. The molecule has 11 nitrogen and oxygen atoms in total. The number of carbonyl (C=O) groups excluding carboxylic acids is 1. The lowest BCUT2D eigenvalue weighted by Gasteiger charge is -2.35. The van der Waals surface area contributed by atoms with Crippen molar-refractivity contribution >= 4 is 48.9 Å². The van der Waals surface area contributed by atoms with E-state index in [9.17, 15) is 21.6 Å². The van der Waals surface area contributed by atoms with Crippen LogP contribution in [0, 0.1) is 5.41 Å². The molecule has 2 aromatic rings. The molecule has 0 bridgehead atoms. The number of hydrogen-bond acceptors (Lipinski definition) is 7. The molecule has 2 aliphatic heterocycles. The molecule has 0 radical (unpaired) electrons. The highest BCUT2D eigenvalue weighted by molar-refractivity contribution is 7.92. The molecule has 3 aliphatic rings. The third-order valence-electron chi connectivity index (χ3n) is 7.92. The molecule has 2 aromatic carbocycles. The van der Waals surface area contributed by atoms with Gasteiger partial charge >= 0.3 is 10.2 Å². The van der Waals surface area contributed by atoms with E-state index in [4.69, 9.17) is 5.11 Å². The van der Waals surface area contributed by atoms with Gasteiger partial charge in [0.1, 0.15) is 0 Å². The normalized spacial score (nSPS) is 18.3. The molecule has 2 heterocycles. The van der Waals surface area contributed by atoms with Crippen LogP contribution in [-0.4, -0.2) is 65.4 Å². The van der Waals surface area contributed by atoms with E-state index in [1.54, 1.807) is 45.0 Å². The van der Waals surface area contributed by atoms with Gasteiger partial charge in [0.25, 0.3) is 5.91 Å². The summed E-state index contributed by atoms with van der Waals surface area (Å²) in [5.41, 5.74) is 2.97. The van der Waals surface area contributed by atoms with E-state index in [-0.39, 0.29) is 5.91 Å². The van der Waals surface area contributed by atoms with Crippen molar-refractivity contribution in [2.45, 2.75) is 58.4 Å². The lowest BCUT2D eigenvalue weighted by atomic mass is 9.93. The lowest BCUT2D eigenvalue weighted by molar-refractivity contribution is 0.102. The summed E-state index contributed by atoms with van der Waals surface area (Å²) in [5, 5.41) is 12.0. The summed E-state index contributed by atoms with van der Waals surface area (Å²) < 4.78 is 57.2. The Labute approximate surface area is 242 Å². The average molecular weight is 606 g/mol.